The molecule has 2 aromatic carbocycles. The number of sulfonamides is 1. The van der Waals surface area contributed by atoms with Crippen molar-refractivity contribution in [2.45, 2.75) is 50.4 Å². The SMILES string of the molecule is CCc1c(F)ccc2cc(O)cc(-c3ncc4c(N5CCO[C@@H](CS(N)(=O)=O)C5)nc(OC[C@@]56CCCN5C[C@H](F)C6)nc4c3F)c12. The number of phenols is 1. The Kier molecular flexibility index (Phi) is 8.13. The van der Waals surface area contributed by atoms with Crippen molar-refractivity contribution in [1.29, 1.82) is 0 Å². The molecule has 0 spiro atoms. The second-order valence-corrected chi connectivity index (χ2v) is 14.3. The van der Waals surface area contributed by atoms with Crippen LogP contribution in [-0.2, 0) is 21.2 Å². The zero-order chi connectivity index (χ0) is 33.1. The molecule has 11 nitrogen and oxygen atoms in total. The van der Waals surface area contributed by atoms with E-state index in [-0.39, 0.29) is 59.5 Å². The lowest BCUT2D eigenvalue weighted by molar-refractivity contribution is 0.0549. The second-order valence-electron chi connectivity index (χ2n) is 12.6. The summed E-state index contributed by atoms with van der Waals surface area (Å²) in [4.78, 5) is 17.4. The number of aryl methyl sites for hydroxylation is 1. The molecule has 5 heterocycles. The minimum absolute atomic E-state index is 0.0862. The highest BCUT2D eigenvalue weighted by molar-refractivity contribution is 7.89. The van der Waals surface area contributed by atoms with E-state index in [4.69, 9.17) is 14.6 Å². The van der Waals surface area contributed by atoms with Crippen LogP contribution in [0.2, 0.25) is 0 Å². The maximum atomic E-state index is 16.8. The van der Waals surface area contributed by atoms with E-state index in [0.717, 1.165) is 19.4 Å². The van der Waals surface area contributed by atoms with E-state index in [1.54, 1.807) is 11.8 Å². The molecule has 0 saturated carbocycles. The molecule has 3 N–H and O–H groups in total. The fourth-order valence-electron chi connectivity index (χ4n) is 7.47. The first-order valence-electron chi connectivity index (χ1n) is 15.6. The number of anilines is 1. The van der Waals surface area contributed by atoms with Crippen molar-refractivity contribution in [1.82, 2.24) is 19.9 Å². The van der Waals surface area contributed by atoms with Crippen molar-refractivity contribution in [3.8, 4) is 23.0 Å². The molecule has 0 amide bonds. The summed E-state index contributed by atoms with van der Waals surface area (Å²) in [7, 11) is -3.85. The van der Waals surface area contributed by atoms with Gasteiger partial charge >= 0.3 is 6.01 Å². The van der Waals surface area contributed by atoms with Crippen LogP contribution in [0.4, 0.5) is 19.0 Å². The van der Waals surface area contributed by atoms with Crippen LogP contribution < -0.4 is 14.8 Å². The van der Waals surface area contributed by atoms with Gasteiger partial charge in [0.2, 0.25) is 10.0 Å². The standard InChI is InChI=1S/C32H35F3N6O5S/c1-2-22-25(34)5-4-18-10-20(42)11-23(26(18)22)28-27(35)29-24(13-37-28)30(40-8-9-45-21(15-40)16-47(36,43)44)39-31(38-29)46-17-32-6-3-7-41(32)14-19(33)12-32/h4-5,10-11,13,19,21,42H,2-3,6-9,12,14-17H2,1H3,(H2,36,43,44)/t19-,21-,32+/m1/s1. The van der Waals surface area contributed by atoms with E-state index in [0.29, 0.717) is 42.3 Å². The average molecular weight is 673 g/mol. The van der Waals surface area contributed by atoms with E-state index < -0.39 is 45.2 Å². The van der Waals surface area contributed by atoms with Crippen molar-refractivity contribution < 1.29 is 36.2 Å². The fraction of sp³-hybridized carbons (Fsp3) is 0.469. The number of rotatable bonds is 8. The smallest absolute Gasteiger partial charge is 0.319 e. The predicted molar refractivity (Wildman–Crippen MR) is 170 cm³/mol. The van der Waals surface area contributed by atoms with Crippen molar-refractivity contribution in [2.24, 2.45) is 5.14 Å². The molecule has 3 fully saturated rings. The highest BCUT2D eigenvalue weighted by atomic mass is 32.2. The summed E-state index contributed by atoms with van der Waals surface area (Å²) in [6, 6.07) is 5.52. The highest BCUT2D eigenvalue weighted by Gasteiger charge is 2.49. The van der Waals surface area contributed by atoms with Crippen LogP contribution in [0.25, 0.3) is 32.9 Å². The molecule has 0 unspecified atom stereocenters. The van der Waals surface area contributed by atoms with Gasteiger partial charge in [-0.1, -0.05) is 13.0 Å². The summed E-state index contributed by atoms with van der Waals surface area (Å²) in [6.07, 6.45) is 1.94. The number of pyridine rings is 1. The molecule has 3 saturated heterocycles. The Morgan fingerprint density at radius 2 is 2.02 bits per heavy atom. The Labute approximate surface area is 269 Å². The molecular weight excluding hydrogens is 637 g/mol. The molecule has 0 bridgehead atoms. The molecule has 4 aromatic rings. The van der Waals surface area contributed by atoms with Gasteiger partial charge < -0.3 is 19.5 Å². The number of ether oxygens (including phenoxy) is 2. The molecule has 0 aliphatic carbocycles. The van der Waals surface area contributed by atoms with Crippen LogP contribution in [-0.4, -0.2) is 96.3 Å². The zero-order valence-electron chi connectivity index (χ0n) is 25.8. The summed E-state index contributed by atoms with van der Waals surface area (Å²) in [5.74, 6) is -1.61. The minimum atomic E-state index is -3.85. The number of aromatic nitrogens is 3. The number of phenolic OH excluding ortho intramolecular Hbond substituents is 1. The Hall–Kier alpha value is -3.79. The number of hydrogen-bond acceptors (Lipinski definition) is 10. The van der Waals surface area contributed by atoms with Gasteiger partial charge in [0.05, 0.1) is 29.4 Å². The Bertz CT molecular complexity index is 1980. The van der Waals surface area contributed by atoms with Crippen molar-refractivity contribution >= 4 is 37.5 Å². The number of fused-ring (bicyclic) bond motifs is 3. The van der Waals surface area contributed by atoms with Crippen LogP contribution >= 0.6 is 0 Å². The lowest BCUT2D eigenvalue weighted by atomic mass is 9.94. The van der Waals surface area contributed by atoms with Crippen LogP contribution in [0.3, 0.4) is 0 Å². The zero-order valence-corrected chi connectivity index (χ0v) is 26.6. The van der Waals surface area contributed by atoms with E-state index in [9.17, 15) is 22.3 Å². The second kappa shape index (κ2) is 12.0. The molecule has 15 heteroatoms. The molecule has 2 aromatic heterocycles. The molecular formula is C32H35F3N6O5S. The maximum absolute atomic E-state index is 16.8. The van der Waals surface area contributed by atoms with E-state index >= 15 is 4.39 Å². The van der Waals surface area contributed by atoms with Crippen molar-refractivity contribution in [3.63, 3.8) is 0 Å². The van der Waals surface area contributed by atoms with Gasteiger partial charge in [-0.25, -0.2) is 26.7 Å². The normalized spacial score (nSPS) is 23.6. The molecule has 3 atom stereocenters. The summed E-state index contributed by atoms with van der Waals surface area (Å²) in [5.41, 5.74) is -0.256. The highest BCUT2D eigenvalue weighted by Crippen LogP contribution is 2.42. The van der Waals surface area contributed by atoms with Gasteiger partial charge in [0, 0.05) is 37.8 Å². The summed E-state index contributed by atoms with van der Waals surface area (Å²) >= 11 is 0. The number of alkyl halides is 1. The fourth-order valence-corrected chi connectivity index (χ4v) is 8.19. The Morgan fingerprint density at radius 1 is 1.19 bits per heavy atom. The number of halogens is 3. The van der Waals surface area contributed by atoms with Crippen LogP contribution in [0.1, 0.15) is 31.7 Å². The monoisotopic (exact) mass is 672 g/mol. The number of benzene rings is 2. The van der Waals surface area contributed by atoms with Crippen LogP contribution in [0.15, 0.2) is 30.5 Å². The number of nitrogens with two attached hydrogens (primary N) is 1. The van der Waals surface area contributed by atoms with Gasteiger partial charge in [-0.05, 0) is 60.3 Å². The third kappa shape index (κ3) is 5.94. The van der Waals surface area contributed by atoms with Gasteiger partial charge in [0.15, 0.2) is 5.82 Å². The largest absolute Gasteiger partial charge is 0.508 e. The number of primary sulfonamides is 1. The third-order valence-electron chi connectivity index (χ3n) is 9.49. The number of hydrogen-bond donors (Lipinski definition) is 2. The topological polar surface area (TPSA) is 144 Å². The van der Waals surface area contributed by atoms with Crippen molar-refractivity contribution in [2.75, 3.05) is 50.0 Å². The van der Waals surface area contributed by atoms with Gasteiger partial charge in [0.1, 0.15) is 41.4 Å². The van der Waals surface area contributed by atoms with E-state index in [2.05, 4.69) is 19.9 Å². The Morgan fingerprint density at radius 3 is 2.81 bits per heavy atom. The summed E-state index contributed by atoms with van der Waals surface area (Å²) in [6.45, 7) is 3.52. The van der Waals surface area contributed by atoms with Crippen molar-refractivity contribution in [3.05, 3.63) is 47.7 Å². The van der Waals surface area contributed by atoms with E-state index in [1.165, 1.54) is 30.5 Å². The molecule has 3 aliphatic rings. The molecule has 47 heavy (non-hydrogen) atoms. The molecule has 0 radical (unpaired) electrons. The maximum Gasteiger partial charge on any atom is 0.319 e. The number of morpholine rings is 1. The Balaban J connectivity index is 1.36. The summed E-state index contributed by atoms with van der Waals surface area (Å²) < 4.78 is 81.7. The third-order valence-corrected chi connectivity index (χ3v) is 10.3. The number of aromatic hydroxyl groups is 1. The summed E-state index contributed by atoms with van der Waals surface area (Å²) in [5, 5.41) is 17.0. The predicted octanol–water partition coefficient (Wildman–Crippen LogP) is 3.84. The van der Waals surface area contributed by atoms with E-state index in [1.807, 2.05) is 0 Å². The quantitative estimate of drug-likeness (QED) is 0.283. The van der Waals surface area contributed by atoms with Gasteiger partial charge in [-0.15, -0.1) is 0 Å². The first kappa shape index (κ1) is 31.8. The first-order valence-corrected chi connectivity index (χ1v) is 17.4. The van der Waals surface area contributed by atoms with Gasteiger partial charge in [-0.2, -0.15) is 9.97 Å². The lowest BCUT2D eigenvalue weighted by Gasteiger charge is -2.34. The minimum Gasteiger partial charge on any atom is -0.508 e. The first-order chi connectivity index (χ1) is 22.4. The molecule has 7 rings (SSSR count). The average Bonchev–Trinajstić information content (AvgIpc) is 3.55. The van der Waals surface area contributed by atoms with Gasteiger partial charge in [0.25, 0.3) is 0 Å². The van der Waals surface area contributed by atoms with Crippen LogP contribution in [0, 0.1) is 11.6 Å². The molecule has 3 aliphatic heterocycles. The van der Waals surface area contributed by atoms with Crippen LogP contribution in [0.5, 0.6) is 11.8 Å². The lowest BCUT2D eigenvalue weighted by Crippen LogP contribution is -2.46. The van der Waals surface area contributed by atoms with Gasteiger partial charge in [-0.3, -0.25) is 9.88 Å². The number of nitrogens with zero attached hydrogens (tertiary/aromatic N) is 5. The molecule has 250 valence electrons.